The second-order valence-electron chi connectivity index (χ2n) is 9.29. The van der Waals surface area contributed by atoms with Crippen molar-refractivity contribution in [1.29, 1.82) is 0 Å². The van der Waals surface area contributed by atoms with Crippen LogP contribution in [0.1, 0.15) is 47.1 Å². The lowest BCUT2D eigenvalue weighted by Crippen LogP contribution is -2.74. The number of ether oxygens (including phenoxy) is 1. The highest BCUT2D eigenvalue weighted by molar-refractivity contribution is 7.15. The highest BCUT2D eigenvalue weighted by Crippen LogP contribution is 2.69. The smallest absolute Gasteiger partial charge is 0.180 e. The maximum atomic E-state index is 12.4. The molecule has 7 heteroatoms. The molecule has 0 radical (unpaired) electrons. The Balaban J connectivity index is 1.50. The van der Waals surface area contributed by atoms with Gasteiger partial charge >= 0.3 is 0 Å². The Morgan fingerprint density at radius 2 is 2.21 bits per heavy atom. The molecule has 1 aromatic carbocycles. The molecule has 3 heterocycles. The molecule has 1 aromatic heterocycles. The zero-order valence-corrected chi connectivity index (χ0v) is 16.3. The fraction of sp³-hybridized carbons (Fsp3) is 0.571. The van der Waals surface area contributed by atoms with Crippen molar-refractivity contribution in [2.24, 2.45) is 5.92 Å². The van der Waals surface area contributed by atoms with Crippen LogP contribution in [0.25, 0.3) is 0 Å². The third-order valence-electron chi connectivity index (χ3n) is 7.94. The average Bonchev–Trinajstić information content (AvgIpc) is 3.28. The van der Waals surface area contributed by atoms with Gasteiger partial charge in [-0.05, 0) is 49.8 Å². The van der Waals surface area contributed by atoms with Crippen molar-refractivity contribution in [1.82, 2.24) is 9.88 Å². The summed E-state index contributed by atoms with van der Waals surface area (Å²) in [5.41, 5.74) is 7.69. The Hall–Kier alpha value is -1.83. The second kappa shape index (κ2) is 4.83. The van der Waals surface area contributed by atoms with E-state index in [9.17, 15) is 10.2 Å². The number of anilines is 1. The number of phenolic OH excluding ortho intramolecular Hbond substituents is 1. The number of nitrogen functional groups attached to an aromatic ring is 1. The number of nitrogens with zero attached hydrogens (tertiary/aromatic N) is 2. The second-order valence-corrected chi connectivity index (χ2v) is 10.4. The van der Waals surface area contributed by atoms with Crippen LogP contribution in [0.2, 0.25) is 0 Å². The number of aromatic nitrogens is 1. The summed E-state index contributed by atoms with van der Waals surface area (Å²) in [6.45, 7) is 2.03. The number of piperidine rings is 1. The number of thiazole rings is 1. The van der Waals surface area contributed by atoms with E-state index < -0.39 is 11.0 Å². The number of aliphatic hydroxyl groups is 1. The van der Waals surface area contributed by atoms with Crippen LogP contribution >= 0.6 is 11.3 Å². The lowest BCUT2D eigenvalue weighted by molar-refractivity contribution is -0.172. The standard InChI is InChI=1S/C21H23N3O3S/c22-19-23-16-13(28-19)8-21(26)14-7-11-3-4-12(25)17-15(11)20(21,18(16)27-17)5-6-24(14)9-10-1-2-10/h3-4,10,14,18,25-26H,1-2,5-9H2,(H2,22,23)/t14-,18+,20+,21-/m1/s1. The molecule has 146 valence electrons. The molecule has 1 spiro atoms. The van der Waals surface area contributed by atoms with Gasteiger partial charge in [0.25, 0.3) is 0 Å². The number of phenols is 1. The fourth-order valence-corrected chi connectivity index (χ4v) is 7.56. The van der Waals surface area contributed by atoms with Gasteiger partial charge in [0.1, 0.15) is 0 Å². The van der Waals surface area contributed by atoms with Gasteiger partial charge in [-0.15, -0.1) is 11.3 Å². The topological polar surface area (TPSA) is 91.8 Å². The van der Waals surface area contributed by atoms with Gasteiger partial charge in [-0.3, -0.25) is 4.90 Å². The number of fused-ring (bicyclic) bond motifs is 2. The Morgan fingerprint density at radius 3 is 3.04 bits per heavy atom. The van der Waals surface area contributed by atoms with Crippen molar-refractivity contribution in [3.8, 4) is 11.5 Å². The summed E-state index contributed by atoms with van der Waals surface area (Å²) in [5.74, 6) is 1.49. The van der Waals surface area contributed by atoms with Crippen LogP contribution in [-0.2, 0) is 18.3 Å². The van der Waals surface area contributed by atoms with E-state index in [0.29, 0.717) is 17.3 Å². The zero-order chi connectivity index (χ0) is 18.8. The minimum Gasteiger partial charge on any atom is -0.504 e. The van der Waals surface area contributed by atoms with Gasteiger partial charge in [0.2, 0.25) is 0 Å². The van der Waals surface area contributed by atoms with Crippen LogP contribution in [0.5, 0.6) is 11.5 Å². The van der Waals surface area contributed by atoms with E-state index in [0.717, 1.165) is 48.0 Å². The molecule has 2 aromatic rings. The normalized spacial score (nSPS) is 37.3. The molecule has 28 heavy (non-hydrogen) atoms. The third kappa shape index (κ3) is 1.67. The Bertz CT molecular complexity index is 1030. The average molecular weight is 398 g/mol. The highest BCUT2D eigenvalue weighted by Gasteiger charge is 2.73. The lowest BCUT2D eigenvalue weighted by Gasteiger charge is -2.62. The van der Waals surface area contributed by atoms with Crippen LogP contribution in [-0.4, -0.2) is 44.8 Å². The van der Waals surface area contributed by atoms with Gasteiger partial charge in [-0.1, -0.05) is 6.07 Å². The van der Waals surface area contributed by atoms with Crippen LogP contribution < -0.4 is 10.5 Å². The predicted octanol–water partition coefficient (Wildman–Crippen LogP) is 2.13. The van der Waals surface area contributed by atoms with Gasteiger partial charge in [-0.2, -0.15) is 0 Å². The monoisotopic (exact) mass is 397 g/mol. The molecule has 6 nitrogen and oxygen atoms in total. The first kappa shape index (κ1) is 16.0. The fourth-order valence-electron chi connectivity index (χ4n) is 6.61. The molecular formula is C21H23N3O3S. The molecule has 0 amide bonds. The van der Waals surface area contributed by atoms with Crippen molar-refractivity contribution in [2.45, 2.75) is 55.3 Å². The van der Waals surface area contributed by atoms with E-state index >= 15 is 0 Å². The van der Waals surface area contributed by atoms with Crippen LogP contribution in [0.4, 0.5) is 5.13 Å². The van der Waals surface area contributed by atoms with Gasteiger partial charge in [-0.25, -0.2) is 4.98 Å². The van der Waals surface area contributed by atoms with E-state index in [-0.39, 0.29) is 17.9 Å². The Kier molecular flexibility index (Phi) is 2.76. The van der Waals surface area contributed by atoms with Crippen molar-refractivity contribution in [2.75, 3.05) is 18.8 Å². The largest absolute Gasteiger partial charge is 0.504 e. The number of hydrogen-bond donors (Lipinski definition) is 3. The van der Waals surface area contributed by atoms with E-state index in [2.05, 4.69) is 9.88 Å². The molecule has 4 N–H and O–H groups in total. The third-order valence-corrected chi connectivity index (χ3v) is 8.84. The van der Waals surface area contributed by atoms with E-state index in [1.54, 1.807) is 6.07 Å². The first-order valence-electron chi connectivity index (χ1n) is 10.2. The Morgan fingerprint density at radius 1 is 1.36 bits per heavy atom. The number of likely N-dealkylation sites (tertiary alicyclic amines) is 1. The first-order valence-corrected chi connectivity index (χ1v) is 11.1. The number of rotatable bonds is 2. The number of nitrogens with two attached hydrogens (primary N) is 1. The number of aromatic hydroxyl groups is 1. The maximum absolute atomic E-state index is 12.4. The van der Waals surface area contributed by atoms with E-state index in [1.165, 1.54) is 29.7 Å². The lowest BCUT2D eigenvalue weighted by atomic mass is 9.49. The summed E-state index contributed by atoms with van der Waals surface area (Å²) >= 11 is 1.47. The minimum absolute atomic E-state index is 0.0624. The quantitative estimate of drug-likeness (QED) is 0.719. The highest BCUT2D eigenvalue weighted by atomic mass is 32.1. The summed E-state index contributed by atoms with van der Waals surface area (Å²) in [6, 6.07) is 3.83. The van der Waals surface area contributed by atoms with Crippen LogP contribution in [0.15, 0.2) is 12.1 Å². The summed E-state index contributed by atoms with van der Waals surface area (Å²) in [5, 5.41) is 23.5. The van der Waals surface area contributed by atoms with Gasteiger partial charge in [0, 0.05) is 29.4 Å². The molecule has 5 aliphatic rings. The van der Waals surface area contributed by atoms with Crippen molar-refractivity contribution in [3.63, 3.8) is 0 Å². The number of benzene rings is 1. The van der Waals surface area contributed by atoms with Crippen LogP contribution in [0.3, 0.4) is 0 Å². The molecule has 1 saturated carbocycles. The molecule has 0 unspecified atom stereocenters. The van der Waals surface area contributed by atoms with Gasteiger partial charge in [0.05, 0.1) is 16.7 Å². The molecule has 2 fully saturated rings. The number of hydrogen-bond acceptors (Lipinski definition) is 7. The van der Waals surface area contributed by atoms with Crippen molar-refractivity contribution >= 4 is 16.5 Å². The molecule has 1 saturated heterocycles. The SMILES string of the molecule is Nc1nc2c(s1)C[C@@]1(O)[C@H]3Cc4ccc(O)c5c4[C@@]1(CCN3CC1CC1)[C@H]2O5. The summed E-state index contributed by atoms with van der Waals surface area (Å²) in [7, 11) is 0. The van der Waals surface area contributed by atoms with Crippen LogP contribution in [0, 0.1) is 5.92 Å². The molecule has 7 rings (SSSR count). The zero-order valence-electron chi connectivity index (χ0n) is 15.5. The molecule has 3 aliphatic carbocycles. The summed E-state index contributed by atoms with van der Waals surface area (Å²) in [6.07, 6.45) is 4.43. The summed E-state index contributed by atoms with van der Waals surface area (Å²) < 4.78 is 6.40. The molecule has 2 bridgehead atoms. The van der Waals surface area contributed by atoms with Gasteiger partial charge in [0.15, 0.2) is 22.7 Å². The van der Waals surface area contributed by atoms with Gasteiger partial charge < -0.3 is 20.7 Å². The van der Waals surface area contributed by atoms with E-state index in [4.69, 9.17) is 10.5 Å². The Labute approximate surface area is 167 Å². The van der Waals surface area contributed by atoms with E-state index in [1.807, 2.05) is 6.07 Å². The summed E-state index contributed by atoms with van der Waals surface area (Å²) in [4.78, 5) is 8.18. The molecule has 2 aliphatic heterocycles. The molecule has 4 atom stereocenters. The predicted molar refractivity (Wildman–Crippen MR) is 105 cm³/mol. The van der Waals surface area contributed by atoms with Crippen molar-refractivity contribution in [3.05, 3.63) is 33.8 Å². The first-order chi connectivity index (χ1) is 13.5. The molecular weight excluding hydrogens is 374 g/mol. The maximum Gasteiger partial charge on any atom is 0.180 e. The minimum atomic E-state index is -0.928. The van der Waals surface area contributed by atoms with Crippen molar-refractivity contribution < 1.29 is 14.9 Å².